The van der Waals surface area contributed by atoms with Crippen LogP contribution < -0.4 is 0 Å². The van der Waals surface area contributed by atoms with Crippen LogP contribution in [-0.2, 0) is 76.3 Å². The van der Waals surface area contributed by atoms with E-state index in [-0.39, 0.29) is 24.7 Å². The number of carbonyl (C=O) groups excluding carboxylic acids is 2. The quantitative estimate of drug-likeness (QED) is 0.0362. The molecular weight excluding hydrogens is 1120 g/mol. The van der Waals surface area contributed by atoms with Crippen molar-refractivity contribution < 1.29 is 130 Å². The van der Waals surface area contributed by atoms with Crippen LogP contribution in [0.15, 0.2) is 35.5 Å². The Balaban J connectivity index is 0.929. The summed E-state index contributed by atoms with van der Waals surface area (Å²) in [6.07, 6.45) is -23.2. The molecule has 0 bridgehead atoms. The molecule has 83 heavy (non-hydrogen) atoms. The first-order chi connectivity index (χ1) is 38.8. The topological polar surface area (TPSA) is 402 Å². The molecule has 5 aliphatic heterocycles. The molecule has 1 spiro atoms. The predicted molar refractivity (Wildman–Crippen MR) is 278 cm³/mol. The van der Waals surface area contributed by atoms with Crippen LogP contribution in [0.2, 0.25) is 0 Å². The molecule has 0 aromatic carbocycles. The SMILES string of the molecule is CO[C@@H]1[C@@H](O)[C@H](O[C@@H]2[C@H](O)[C@H](O[C@H]3[C@H](O)[C@@H](O)[C@H](O[C@@H]4[C@H](O[C@H]5CC[C@]6(C)C7CCC89C(=O)O[C@@](C)(/C=C\C=C(C)C)[C@@]8(O)[C@@H](OC(C)=O)C[C@@]9(C)C7=CC[C@H]6C5(C)C)OC[C@@H](OS(=O)(=O)O)[C@@H]4O)O[C@@H]3CO)OC[C@H]2O)O[C@H](CO)[C@H]1O. The van der Waals surface area contributed by atoms with Gasteiger partial charge in [0.05, 0.1) is 32.5 Å². The van der Waals surface area contributed by atoms with Crippen LogP contribution in [0.1, 0.15) is 93.9 Å². The van der Waals surface area contributed by atoms with Crippen molar-refractivity contribution in [1.82, 2.24) is 0 Å². The molecule has 9 rings (SSSR count). The van der Waals surface area contributed by atoms with Gasteiger partial charge in [0.2, 0.25) is 0 Å². The lowest BCUT2D eigenvalue weighted by atomic mass is 9.40. The maximum absolute atomic E-state index is 14.7. The highest BCUT2D eigenvalue weighted by Crippen LogP contribution is 2.77. The molecule has 0 aromatic rings. The Kier molecular flexibility index (Phi) is 18.5. The van der Waals surface area contributed by atoms with Crippen LogP contribution in [0.4, 0.5) is 0 Å². The molecule has 4 aliphatic carbocycles. The van der Waals surface area contributed by atoms with Gasteiger partial charge in [-0.2, -0.15) is 8.42 Å². The van der Waals surface area contributed by atoms with Gasteiger partial charge in [-0.1, -0.05) is 57.1 Å². The number of ether oxygens (including phenoxy) is 11. The molecule has 27 nitrogen and oxygen atoms in total. The summed E-state index contributed by atoms with van der Waals surface area (Å²) in [6.45, 7) is 12.1. The lowest BCUT2D eigenvalue weighted by Gasteiger charge is -2.64. The van der Waals surface area contributed by atoms with E-state index in [1.54, 1.807) is 19.1 Å². The van der Waals surface area contributed by atoms with Crippen LogP contribution in [0.25, 0.3) is 0 Å². The Morgan fingerprint density at radius 2 is 1.36 bits per heavy atom. The van der Waals surface area contributed by atoms with E-state index in [1.165, 1.54) is 14.0 Å². The summed E-state index contributed by atoms with van der Waals surface area (Å²) in [5.41, 5.74) is -5.20. The van der Waals surface area contributed by atoms with E-state index >= 15 is 0 Å². The Labute approximate surface area is 481 Å². The number of cyclic esters (lactones) is 1. The smallest absolute Gasteiger partial charge is 0.397 e. The Morgan fingerprint density at radius 3 is 2.00 bits per heavy atom. The maximum atomic E-state index is 14.7. The van der Waals surface area contributed by atoms with Gasteiger partial charge in [0.15, 0.2) is 36.4 Å². The van der Waals surface area contributed by atoms with Crippen LogP contribution in [-0.4, -0.2) is 244 Å². The molecule has 9 aliphatic rings. The number of rotatable bonds is 16. The minimum Gasteiger partial charge on any atom is -0.459 e. The van der Waals surface area contributed by atoms with Crippen molar-refractivity contribution in [3.63, 3.8) is 0 Å². The standard InChI is InChI=1S/C55H84O27S/c1-24(2)11-10-16-53(8)55(67)34(74-25(3)58)19-52(7)27-12-13-32-50(4,5)33(15-17-51(32,6)26(27)14-18-54(52,55)49(66)81-53)77-48-44(36(61)31(23-73-48)82-83(68,69)70)80-46-38(63)37(62)42(30(21-57)76-46)79-45-39(64)41(28(59)22-72-45)78-47-40(65)43(71-9)35(60)29(20-56)75-47/h10-12,16,26,28-48,56-57,59-65,67H,13-15,17-23H2,1-9H3,(H,68,69,70)/b16-10-/t26?,28-,29-,30-,31-,32+,33+,34+,35-,36+,37-,38-,39+,40-,41+,42-,43+,44+,45+,46+,47+,48+,51-,52+,53+,54?,55+/m1/s1. The highest BCUT2D eigenvalue weighted by molar-refractivity contribution is 7.80. The number of aliphatic hydroxyl groups is 10. The van der Waals surface area contributed by atoms with Gasteiger partial charge in [0.25, 0.3) is 0 Å². The summed E-state index contributed by atoms with van der Waals surface area (Å²) < 4.78 is 103. The number of hydrogen-bond donors (Lipinski definition) is 11. The van der Waals surface area contributed by atoms with Gasteiger partial charge >= 0.3 is 22.3 Å². The zero-order valence-corrected chi connectivity index (χ0v) is 48.8. The van der Waals surface area contributed by atoms with Gasteiger partial charge in [-0.3, -0.25) is 14.1 Å². The lowest BCUT2D eigenvalue weighted by Crippen LogP contribution is -2.66. The fourth-order valence-corrected chi connectivity index (χ4v) is 16.4. The summed E-state index contributed by atoms with van der Waals surface area (Å²) in [4.78, 5) is 27.5. The fourth-order valence-electron chi connectivity index (χ4n) is 15.9. The van der Waals surface area contributed by atoms with E-state index in [0.29, 0.717) is 25.7 Å². The second-order valence-corrected chi connectivity index (χ2v) is 26.4. The summed E-state index contributed by atoms with van der Waals surface area (Å²) in [5, 5.41) is 112. The average Bonchev–Trinajstić information content (AvgIpc) is 1.58. The molecule has 3 saturated carbocycles. The molecule has 11 N–H and O–H groups in total. The molecule has 27 atom stereocenters. The summed E-state index contributed by atoms with van der Waals surface area (Å²) in [6, 6.07) is 0. The molecule has 472 valence electrons. The minimum atomic E-state index is -5.22. The van der Waals surface area contributed by atoms with E-state index in [9.17, 15) is 73.6 Å². The van der Waals surface area contributed by atoms with Crippen LogP contribution in [0.3, 0.4) is 0 Å². The zero-order chi connectivity index (χ0) is 60.9. The van der Waals surface area contributed by atoms with E-state index in [1.807, 2.05) is 40.7 Å². The maximum Gasteiger partial charge on any atom is 0.397 e. The summed E-state index contributed by atoms with van der Waals surface area (Å²) in [5.74, 6) is -1.41. The normalized spacial score (nSPS) is 49.6. The van der Waals surface area contributed by atoms with Crippen LogP contribution >= 0.6 is 0 Å². The molecule has 8 fully saturated rings. The molecule has 28 heteroatoms. The van der Waals surface area contributed by atoms with Crippen molar-refractivity contribution in [2.24, 2.45) is 33.5 Å². The number of esters is 2. The number of hydrogen-bond acceptors (Lipinski definition) is 26. The van der Waals surface area contributed by atoms with Crippen molar-refractivity contribution >= 4 is 22.3 Å². The number of fused-ring (bicyclic) bond motifs is 4. The van der Waals surface area contributed by atoms with Gasteiger partial charge in [0, 0.05) is 19.4 Å². The third-order valence-corrected chi connectivity index (χ3v) is 20.5. The number of methoxy groups -OCH3 is 1. The van der Waals surface area contributed by atoms with Gasteiger partial charge in [0.1, 0.15) is 97.0 Å². The first-order valence-electron chi connectivity index (χ1n) is 28.3. The van der Waals surface area contributed by atoms with E-state index in [0.717, 1.165) is 11.1 Å². The number of aliphatic hydroxyl groups excluding tert-OH is 9. The second kappa shape index (κ2) is 23.7. The van der Waals surface area contributed by atoms with Crippen LogP contribution in [0, 0.1) is 33.5 Å². The van der Waals surface area contributed by atoms with Gasteiger partial charge < -0.3 is 103 Å². The highest BCUT2D eigenvalue weighted by atomic mass is 32.3. The van der Waals surface area contributed by atoms with Crippen molar-refractivity contribution in [3.8, 4) is 0 Å². The molecular formula is C55H84O27S. The summed E-state index contributed by atoms with van der Waals surface area (Å²) in [7, 11) is -4.03. The first kappa shape index (κ1) is 64.7. The molecule has 0 aromatic heterocycles. The van der Waals surface area contributed by atoms with E-state index < -0.39 is 204 Å². The molecule has 5 saturated heterocycles. The van der Waals surface area contributed by atoms with Crippen molar-refractivity contribution in [2.75, 3.05) is 33.5 Å². The fraction of sp³-hybridized carbons (Fsp3) is 0.855. The Bertz CT molecular complexity index is 2580. The van der Waals surface area contributed by atoms with Gasteiger partial charge in [-0.25, -0.2) is 4.18 Å². The van der Waals surface area contributed by atoms with Crippen molar-refractivity contribution in [3.05, 3.63) is 35.5 Å². The van der Waals surface area contributed by atoms with Crippen molar-refractivity contribution in [2.45, 2.75) is 228 Å². The largest absolute Gasteiger partial charge is 0.459 e. The second-order valence-electron chi connectivity index (χ2n) is 25.4. The number of carbonyl (C=O) groups is 2. The highest BCUT2D eigenvalue weighted by Gasteiger charge is 2.87. The van der Waals surface area contributed by atoms with Gasteiger partial charge in [-0.05, 0) is 88.0 Å². The van der Waals surface area contributed by atoms with E-state index in [2.05, 4.69) is 13.0 Å². The molecule has 2 unspecified atom stereocenters. The number of allylic oxidation sites excluding steroid dienone is 5. The molecule has 0 radical (unpaired) electrons. The zero-order valence-electron chi connectivity index (χ0n) is 47.9. The predicted octanol–water partition coefficient (Wildman–Crippen LogP) is -1.52. The van der Waals surface area contributed by atoms with Crippen molar-refractivity contribution in [1.29, 1.82) is 0 Å². The first-order valence-corrected chi connectivity index (χ1v) is 29.6. The third-order valence-electron chi connectivity index (χ3n) is 20.0. The third kappa shape index (κ3) is 10.8. The van der Waals surface area contributed by atoms with E-state index in [4.69, 9.17) is 56.3 Å². The summed E-state index contributed by atoms with van der Waals surface area (Å²) >= 11 is 0. The van der Waals surface area contributed by atoms with Gasteiger partial charge in [-0.15, -0.1) is 0 Å². The van der Waals surface area contributed by atoms with Crippen LogP contribution in [0.5, 0.6) is 0 Å². The molecule has 5 heterocycles. The Morgan fingerprint density at radius 1 is 0.735 bits per heavy atom. The Hall–Kier alpha value is -2.73. The lowest BCUT2D eigenvalue weighted by molar-refractivity contribution is -0.385. The minimum absolute atomic E-state index is 0.121. The molecule has 0 amide bonds. The monoisotopic (exact) mass is 1210 g/mol. The average molecular weight is 1210 g/mol.